The molecule has 1 saturated heterocycles. The van der Waals surface area contributed by atoms with E-state index in [0.717, 1.165) is 49.0 Å². The molecule has 1 aliphatic rings. The fourth-order valence-corrected chi connectivity index (χ4v) is 3.34. The number of phenolic OH excluding ortho intramolecular Hbond substituents is 1. The Hall–Kier alpha value is -1.91. The number of ether oxygens (including phenoxy) is 1. The molecule has 2 aromatic rings. The third-order valence-electron chi connectivity index (χ3n) is 4.36. The first-order chi connectivity index (χ1) is 11.2. The molecule has 122 valence electrons. The van der Waals surface area contributed by atoms with Crippen LogP contribution >= 0.6 is 11.6 Å². The van der Waals surface area contributed by atoms with Crippen molar-refractivity contribution in [1.82, 2.24) is 0 Å². The Balaban J connectivity index is 1.59. The molecule has 1 heterocycles. The number of quaternary nitrogens is 1. The maximum absolute atomic E-state index is 9.88. The Morgan fingerprint density at radius 2 is 1.91 bits per heavy atom. The molecule has 0 radical (unpaired) electrons. The Bertz CT molecular complexity index is 670. The summed E-state index contributed by atoms with van der Waals surface area (Å²) in [6, 6.07) is 13.7. The number of para-hydroxylation sites is 1. The molecular formula is C18H22ClN2O2+. The second kappa shape index (κ2) is 7.11. The zero-order valence-electron chi connectivity index (χ0n) is 13.3. The SMILES string of the molecule is COc1ccc(C[NH+]2CCN(c3ccccc3Cl)CC2)cc1O. The summed E-state index contributed by atoms with van der Waals surface area (Å²) in [5.74, 6) is 0.728. The standard InChI is InChI=1S/C18H21ClN2O2/c1-23-18-7-6-14(12-17(18)22)13-20-8-10-21(11-9-20)16-5-3-2-4-15(16)19/h2-7,12,22H,8-11,13H2,1H3/p+1. The van der Waals surface area contributed by atoms with Crippen LogP contribution in [0.5, 0.6) is 11.5 Å². The number of rotatable bonds is 4. The minimum atomic E-state index is 0.208. The van der Waals surface area contributed by atoms with Gasteiger partial charge in [-0.3, -0.25) is 0 Å². The predicted molar refractivity (Wildman–Crippen MR) is 92.7 cm³/mol. The molecule has 5 heteroatoms. The molecule has 0 aromatic heterocycles. The molecule has 1 aliphatic heterocycles. The number of hydrogen-bond donors (Lipinski definition) is 2. The van der Waals surface area contributed by atoms with Crippen molar-refractivity contribution in [1.29, 1.82) is 0 Å². The first kappa shape index (κ1) is 16.0. The Morgan fingerprint density at radius 1 is 1.17 bits per heavy atom. The minimum absolute atomic E-state index is 0.208. The lowest BCUT2D eigenvalue weighted by molar-refractivity contribution is -0.914. The summed E-state index contributed by atoms with van der Waals surface area (Å²) >= 11 is 6.28. The Labute approximate surface area is 141 Å². The molecular weight excluding hydrogens is 312 g/mol. The fourth-order valence-electron chi connectivity index (χ4n) is 3.08. The van der Waals surface area contributed by atoms with E-state index in [9.17, 15) is 5.11 Å². The lowest BCUT2D eigenvalue weighted by Gasteiger charge is -2.34. The van der Waals surface area contributed by atoms with Crippen LogP contribution < -0.4 is 14.5 Å². The van der Waals surface area contributed by atoms with Gasteiger partial charge in [0.2, 0.25) is 0 Å². The normalized spacial score (nSPS) is 15.7. The molecule has 0 saturated carbocycles. The Morgan fingerprint density at radius 3 is 2.57 bits per heavy atom. The molecule has 0 spiro atoms. The van der Waals surface area contributed by atoms with Crippen LogP contribution in [-0.4, -0.2) is 38.4 Å². The van der Waals surface area contributed by atoms with Gasteiger partial charge in [-0.15, -0.1) is 0 Å². The number of aromatic hydroxyl groups is 1. The van der Waals surface area contributed by atoms with Crippen LogP contribution in [0.1, 0.15) is 5.56 Å². The quantitative estimate of drug-likeness (QED) is 0.898. The largest absolute Gasteiger partial charge is 0.504 e. The number of nitrogens with one attached hydrogen (secondary N) is 1. The molecule has 0 bridgehead atoms. The smallest absolute Gasteiger partial charge is 0.160 e. The first-order valence-electron chi connectivity index (χ1n) is 7.86. The Kier molecular flexibility index (Phi) is 4.94. The number of hydrogen-bond acceptors (Lipinski definition) is 3. The summed E-state index contributed by atoms with van der Waals surface area (Å²) < 4.78 is 5.09. The van der Waals surface area contributed by atoms with E-state index in [1.807, 2.05) is 30.3 Å². The molecule has 4 nitrogen and oxygen atoms in total. The van der Waals surface area contributed by atoms with Gasteiger partial charge in [0.05, 0.1) is 44.0 Å². The van der Waals surface area contributed by atoms with E-state index in [4.69, 9.17) is 16.3 Å². The van der Waals surface area contributed by atoms with Gasteiger partial charge >= 0.3 is 0 Å². The van der Waals surface area contributed by atoms with Crippen LogP contribution in [0.3, 0.4) is 0 Å². The minimum Gasteiger partial charge on any atom is -0.504 e. The second-order valence-electron chi connectivity index (χ2n) is 5.87. The van der Waals surface area contributed by atoms with Crippen molar-refractivity contribution in [2.75, 3.05) is 38.2 Å². The monoisotopic (exact) mass is 333 g/mol. The van der Waals surface area contributed by atoms with Crippen LogP contribution in [0.25, 0.3) is 0 Å². The summed E-state index contributed by atoms with van der Waals surface area (Å²) in [5, 5.41) is 10.7. The van der Waals surface area contributed by atoms with Crippen LogP contribution in [0.4, 0.5) is 5.69 Å². The summed E-state index contributed by atoms with van der Waals surface area (Å²) in [6.45, 7) is 4.99. The van der Waals surface area contributed by atoms with E-state index in [0.29, 0.717) is 5.75 Å². The highest BCUT2D eigenvalue weighted by Gasteiger charge is 2.21. The van der Waals surface area contributed by atoms with E-state index >= 15 is 0 Å². The predicted octanol–water partition coefficient (Wildman–Crippen LogP) is 1.96. The molecule has 23 heavy (non-hydrogen) atoms. The van der Waals surface area contributed by atoms with E-state index in [1.54, 1.807) is 13.2 Å². The topological polar surface area (TPSA) is 37.1 Å². The van der Waals surface area contributed by atoms with Gasteiger partial charge in [-0.2, -0.15) is 0 Å². The van der Waals surface area contributed by atoms with Gasteiger partial charge in [-0.25, -0.2) is 0 Å². The lowest BCUT2D eigenvalue weighted by atomic mass is 10.1. The van der Waals surface area contributed by atoms with Crippen molar-refractivity contribution >= 4 is 17.3 Å². The molecule has 2 N–H and O–H groups in total. The van der Waals surface area contributed by atoms with Gasteiger partial charge in [-0.05, 0) is 30.3 Å². The summed E-state index contributed by atoms with van der Waals surface area (Å²) in [4.78, 5) is 3.86. The number of anilines is 1. The van der Waals surface area contributed by atoms with E-state index in [-0.39, 0.29) is 5.75 Å². The van der Waals surface area contributed by atoms with Gasteiger partial charge < -0.3 is 19.6 Å². The maximum Gasteiger partial charge on any atom is 0.160 e. The zero-order valence-corrected chi connectivity index (χ0v) is 14.0. The summed E-state index contributed by atoms with van der Waals surface area (Å²) in [7, 11) is 1.56. The number of phenols is 1. The van der Waals surface area contributed by atoms with Gasteiger partial charge in [0.1, 0.15) is 6.54 Å². The number of halogens is 1. The maximum atomic E-state index is 9.88. The van der Waals surface area contributed by atoms with Gasteiger partial charge in [0, 0.05) is 5.56 Å². The average Bonchev–Trinajstić information content (AvgIpc) is 2.56. The van der Waals surface area contributed by atoms with Crippen molar-refractivity contribution in [3.63, 3.8) is 0 Å². The van der Waals surface area contributed by atoms with Gasteiger partial charge in [0.15, 0.2) is 11.5 Å². The number of piperazine rings is 1. The third-order valence-corrected chi connectivity index (χ3v) is 4.68. The molecule has 0 amide bonds. The van der Waals surface area contributed by atoms with Crippen molar-refractivity contribution < 1.29 is 14.7 Å². The molecule has 3 rings (SSSR count). The van der Waals surface area contributed by atoms with Crippen molar-refractivity contribution in [2.45, 2.75) is 6.54 Å². The molecule has 0 atom stereocenters. The highest BCUT2D eigenvalue weighted by Crippen LogP contribution is 2.26. The van der Waals surface area contributed by atoms with Crippen LogP contribution in [0.15, 0.2) is 42.5 Å². The first-order valence-corrected chi connectivity index (χ1v) is 8.24. The average molecular weight is 334 g/mol. The van der Waals surface area contributed by atoms with E-state index in [2.05, 4.69) is 11.0 Å². The van der Waals surface area contributed by atoms with Gasteiger partial charge in [-0.1, -0.05) is 23.7 Å². The molecule has 2 aromatic carbocycles. The van der Waals surface area contributed by atoms with Crippen LogP contribution in [-0.2, 0) is 6.54 Å². The third kappa shape index (κ3) is 3.71. The number of methoxy groups -OCH3 is 1. The number of nitrogens with zero attached hydrogens (tertiary/aromatic N) is 1. The van der Waals surface area contributed by atoms with E-state index < -0.39 is 0 Å². The molecule has 0 unspecified atom stereocenters. The van der Waals surface area contributed by atoms with Crippen LogP contribution in [0, 0.1) is 0 Å². The van der Waals surface area contributed by atoms with Crippen LogP contribution in [0.2, 0.25) is 5.02 Å². The highest BCUT2D eigenvalue weighted by molar-refractivity contribution is 6.33. The molecule has 1 fully saturated rings. The summed E-state index contributed by atoms with van der Waals surface area (Å²) in [6.07, 6.45) is 0. The highest BCUT2D eigenvalue weighted by atomic mass is 35.5. The van der Waals surface area contributed by atoms with Crippen molar-refractivity contribution in [3.05, 3.63) is 53.1 Å². The molecule has 0 aliphatic carbocycles. The van der Waals surface area contributed by atoms with Crippen molar-refractivity contribution in [3.8, 4) is 11.5 Å². The van der Waals surface area contributed by atoms with Gasteiger partial charge in [0.25, 0.3) is 0 Å². The second-order valence-corrected chi connectivity index (χ2v) is 6.28. The van der Waals surface area contributed by atoms with Crippen molar-refractivity contribution in [2.24, 2.45) is 0 Å². The zero-order chi connectivity index (χ0) is 16.2. The van der Waals surface area contributed by atoms with E-state index in [1.165, 1.54) is 4.90 Å². The lowest BCUT2D eigenvalue weighted by Crippen LogP contribution is -3.13. The fraction of sp³-hybridized carbons (Fsp3) is 0.333. The summed E-state index contributed by atoms with van der Waals surface area (Å²) in [5.41, 5.74) is 2.25. The number of benzene rings is 2.